The van der Waals surface area contributed by atoms with Crippen molar-refractivity contribution in [3.05, 3.63) is 11.6 Å². The van der Waals surface area contributed by atoms with Gasteiger partial charge in [-0.05, 0) is 302 Å². The molecule has 14 aliphatic rings. The fourth-order valence-electron chi connectivity index (χ4n) is 26.3. The van der Waals surface area contributed by atoms with Crippen LogP contribution in [0.5, 0.6) is 0 Å². The molecule has 0 saturated heterocycles. The van der Waals surface area contributed by atoms with E-state index >= 15 is 0 Å². The van der Waals surface area contributed by atoms with Gasteiger partial charge in [-0.25, -0.2) is 0 Å². The highest BCUT2D eigenvalue weighted by atomic mass is 14.7. The lowest BCUT2D eigenvalue weighted by Crippen LogP contribution is -2.55. The second-order valence-corrected chi connectivity index (χ2v) is 31.3. The third kappa shape index (κ3) is 9.58. The van der Waals surface area contributed by atoms with E-state index < -0.39 is 0 Å². The highest BCUT2D eigenvalue weighted by Crippen LogP contribution is 2.69. The minimum Gasteiger partial charge on any atom is -0.0847 e. The first-order chi connectivity index (χ1) is 35.2. The van der Waals surface area contributed by atoms with Crippen LogP contribution >= 0.6 is 0 Å². The molecule has 0 aromatic rings. The Hall–Kier alpha value is -0.260. The molecule has 14 aliphatic carbocycles. The van der Waals surface area contributed by atoms with E-state index in [1.807, 2.05) is 0 Å². The molecule has 17 atom stereocenters. The lowest BCUT2D eigenvalue weighted by molar-refractivity contribution is -0.125. The van der Waals surface area contributed by atoms with E-state index in [0.717, 1.165) is 148 Å². The van der Waals surface area contributed by atoms with Crippen molar-refractivity contribution in [1.29, 1.82) is 0 Å². The average molecular weight is 968 g/mol. The van der Waals surface area contributed by atoms with E-state index in [1.54, 1.807) is 257 Å². The van der Waals surface area contributed by atoms with Crippen molar-refractivity contribution in [2.75, 3.05) is 0 Å². The van der Waals surface area contributed by atoms with Gasteiger partial charge in [0, 0.05) is 0 Å². The van der Waals surface area contributed by atoms with Crippen LogP contribution < -0.4 is 0 Å². The van der Waals surface area contributed by atoms with Crippen LogP contribution in [-0.2, 0) is 0 Å². The molecule has 0 amide bonds. The van der Waals surface area contributed by atoms with Crippen LogP contribution in [0.15, 0.2) is 11.6 Å². The summed E-state index contributed by atoms with van der Waals surface area (Å²) in [6.07, 6.45) is 73.5. The maximum Gasteiger partial charge on any atom is -0.0141 e. The van der Waals surface area contributed by atoms with Crippen molar-refractivity contribution in [1.82, 2.24) is 0 Å². The molecule has 0 N–H and O–H groups in total. The van der Waals surface area contributed by atoms with Crippen LogP contribution in [0.1, 0.15) is 283 Å². The van der Waals surface area contributed by atoms with Crippen LogP contribution in [0, 0.1) is 148 Å². The summed E-state index contributed by atoms with van der Waals surface area (Å²) in [5, 5.41) is 0. The standard InChI is InChI=1S/C71H114/c1-3-17-46(18-4-1)48-31-35-50(36-32-48)56-21-7-9-23-58(56)70-63-28-14-11-25-60(63)68(61-26-12-15-29-64(61)70)52-39-41-53(42-40-52)69-62-27-13-16-30-65(62)71(67-45-55-43-54(55)44-66(67)69)59-24-10-8-22-57(59)51-37-33-49(34-38-51)47-19-5-2-6-20-47/h39,46-51,53-71H,1-38,40-45H2/t48?,49?,50?,51?,53?,54?,55?,56-,57?,58?,59?,60?,61?,62?,63?,64?,65?,66?,67?,68?,69?,70?,71?/m0/s1. The summed E-state index contributed by atoms with van der Waals surface area (Å²) in [5.41, 5.74) is 2.11. The van der Waals surface area contributed by atoms with E-state index in [9.17, 15) is 0 Å². The van der Waals surface area contributed by atoms with E-state index in [-0.39, 0.29) is 0 Å². The highest BCUT2D eigenvalue weighted by Gasteiger charge is 2.61. The third-order valence-electron chi connectivity index (χ3n) is 29.0. The first kappa shape index (κ1) is 49.1. The molecule has 398 valence electrons. The van der Waals surface area contributed by atoms with Crippen molar-refractivity contribution in [3.63, 3.8) is 0 Å². The van der Waals surface area contributed by atoms with Gasteiger partial charge < -0.3 is 0 Å². The van der Waals surface area contributed by atoms with Gasteiger partial charge in [0.15, 0.2) is 0 Å². The minimum atomic E-state index is 0.990. The lowest BCUT2D eigenvalue weighted by atomic mass is 9.43. The van der Waals surface area contributed by atoms with Crippen LogP contribution in [0.3, 0.4) is 0 Å². The lowest BCUT2D eigenvalue weighted by Gasteiger charge is -2.62. The summed E-state index contributed by atoms with van der Waals surface area (Å²) in [5.74, 6) is 27.4. The topological polar surface area (TPSA) is 0 Å². The zero-order chi connectivity index (χ0) is 46.8. The van der Waals surface area contributed by atoms with Crippen LogP contribution in [-0.4, -0.2) is 0 Å². The molecule has 13 saturated carbocycles. The fourth-order valence-corrected chi connectivity index (χ4v) is 26.3. The zero-order valence-corrected chi connectivity index (χ0v) is 46.6. The van der Waals surface area contributed by atoms with Gasteiger partial charge in [0.1, 0.15) is 0 Å². The summed E-state index contributed by atoms with van der Waals surface area (Å²) >= 11 is 0. The van der Waals surface area contributed by atoms with Crippen molar-refractivity contribution in [3.8, 4) is 0 Å². The number of hydrogen-bond acceptors (Lipinski definition) is 0. The van der Waals surface area contributed by atoms with E-state index in [2.05, 4.69) is 11.6 Å². The molecule has 0 radical (unpaired) electrons. The molecular weight excluding hydrogens is 853 g/mol. The SMILES string of the molecule is C1=C(C2C3CCCCC3C(C3CCCC[C@H]3C3CCC(C4CCCCC4)CC3)C3CCCCC32)CCC(C2C3CCCCC3C(C3CCCCC3C3CCC(C4CCCCC4)CC3)C3CC4CC4CC32)C1. The Morgan fingerprint density at radius 3 is 0.972 bits per heavy atom. The van der Waals surface area contributed by atoms with Crippen molar-refractivity contribution in [2.24, 2.45) is 148 Å². The molecule has 14 rings (SSSR count). The summed E-state index contributed by atoms with van der Waals surface area (Å²) in [6.45, 7) is 0. The average Bonchev–Trinajstić information content (AvgIpc) is 4.22. The molecular formula is C71H114. The third-order valence-corrected chi connectivity index (χ3v) is 29.0. The van der Waals surface area contributed by atoms with E-state index in [4.69, 9.17) is 0 Å². The van der Waals surface area contributed by atoms with E-state index in [0.29, 0.717) is 0 Å². The molecule has 16 unspecified atom stereocenters. The summed E-state index contributed by atoms with van der Waals surface area (Å²) < 4.78 is 0. The molecule has 0 heteroatoms. The Kier molecular flexibility index (Phi) is 15.1. The molecule has 71 heavy (non-hydrogen) atoms. The summed E-state index contributed by atoms with van der Waals surface area (Å²) in [6, 6.07) is 0. The minimum absolute atomic E-state index is 0.990. The molecule has 0 aromatic heterocycles. The number of rotatable bonds is 8. The fraction of sp³-hybridized carbons (Fsp3) is 0.972. The smallest absolute Gasteiger partial charge is 0.0141 e. The molecule has 0 nitrogen and oxygen atoms in total. The van der Waals surface area contributed by atoms with Gasteiger partial charge in [-0.1, -0.05) is 140 Å². The first-order valence-corrected chi connectivity index (χ1v) is 34.9. The zero-order valence-electron chi connectivity index (χ0n) is 46.6. The van der Waals surface area contributed by atoms with Gasteiger partial charge in [-0.15, -0.1) is 0 Å². The molecule has 0 spiro atoms. The van der Waals surface area contributed by atoms with Crippen LogP contribution in [0.2, 0.25) is 0 Å². The monoisotopic (exact) mass is 967 g/mol. The van der Waals surface area contributed by atoms with Gasteiger partial charge in [-0.2, -0.15) is 0 Å². The predicted octanol–water partition coefficient (Wildman–Crippen LogP) is 20.7. The number of fused-ring (bicyclic) bond motifs is 5. The van der Waals surface area contributed by atoms with Gasteiger partial charge >= 0.3 is 0 Å². The van der Waals surface area contributed by atoms with E-state index in [1.165, 1.54) is 25.7 Å². The largest absolute Gasteiger partial charge is 0.0847 e. The normalized spacial score (nSPS) is 52.1. The predicted molar refractivity (Wildman–Crippen MR) is 298 cm³/mol. The van der Waals surface area contributed by atoms with Crippen molar-refractivity contribution >= 4 is 0 Å². The highest BCUT2D eigenvalue weighted by molar-refractivity contribution is 5.20. The first-order valence-electron chi connectivity index (χ1n) is 34.9. The molecule has 0 aliphatic heterocycles. The maximum atomic E-state index is 3.13. The van der Waals surface area contributed by atoms with Gasteiger partial charge in [-0.3, -0.25) is 0 Å². The molecule has 0 aromatic carbocycles. The van der Waals surface area contributed by atoms with Gasteiger partial charge in [0.05, 0.1) is 0 Å². The Labute approximate surface area is 440 Å². The summed E-state index contributed by atoms with van der Waals surface area (Å²) in [7, 11) is 0. The second-order valence-electron chi connectivity index (χ2n) is 31.3. The second kappa shape index (κ2) is 21.9. The Morgan fingerprint density at radius 1 is 0.211 bits per heavy atom. The number of hydrogen-bond donors (Lipinski definition) is 0. The Bertz CT molecular complexity index is 1720. The van der Waals surface area contributed by atoms with Crippen molar-refractivity contribution < 1.29 is 0 Å². The van der Waals surface area contributed by atoms with Crippen LogP contribution in [0.25, 0.3) is 0 Å². The molecule has 13 fully saturated rings. The summed E-state index contributed by atoms with van der Waals surface area (Å²) in [4.78, 5) is 0. The quantitative estimate of drug-likeness (QED) is 0.213. The maximum absolute atomic E-state index is 3.13. The molecule has 0 heterocycles. The number of allylic oxidation sites excluding steroid dienone is 2. The van der Waals surface area contributed by atoms with Crippen molar-refractivity contribution in [2.45, 2.75) is 283 Å². The van der Waals surface area contributed by atoms with Gasteiger partial charge in [0.25, 0.3) is 0 Å². The van der Waals surface area contributed by atoms with Gasteiger partial charge in [0.2, 0.25) is 0 Å². The molecule has 0 bridgehead atoms. The Balaban J connectivity index is 0.696. The van der Waals surface area contributed by atoms with Crippen LogP contribution in [0.4, 0.5) is 0 Å². The Morgan fingerprint density at radius 2 is 0.535 bits per heavy atom.